The molecule has 2 aromatic carbocycles. The first kappa shape index (κ1) is 20.8. The molecule has 1 aliphatic rings. The number of pyridine rings is 1. The zero-order valence-electron chi connectivity index (χ0n) is 18.7. The van der Waals surface area contributed by atoms with Crippen LogP contribution in [0.5, 0.6) is 11.5 Å². The van der Waals surface area contributed by atoms with Gasteiger partial charge in [0.15, 0.2) is 5.65 Å². The van der Waals surface area contributed by atoms with Crippen molar-refractivity contribution < 1.29 is 9.47 Å². The first-order valence-electron chi connectivity index (χ1n) is 10.8. The Bertz CT molecular complexity index is 1430. The number of nitrogens with one attached hydrogen (secondary N) is 1. The van der Waals surface area contributed by atoms with E-state index in [0.29, 0.717) is 28.5 Å². The highest BCUT2D eigenvalue weighted by atomic mass is 16.5. The lowest BCUT2D eigenvalue weighted by atomic mass is 10.1. The fourth-order valence-electron chi connectivity index (χ4n) is 4.35. The molecule has 0 radical (unpaired) electrons. The predicted octanol–water partition coefficient (Wildman–Crippen LogP) is 4.59. The molecule has 33 heavy (non-hydrogen) atoms. The number of fused-ring (bicyclic) bond motifs is 2. The molecule has 7 heteroatoms. The Kier molecular flexibility index (Phi) is 5.30. The number of hydrogen-bond donors (Lipinski definition) is 1. The van der Waals surface area contributed by atoms with Crippen LogP contribution in [-0.4, -0.2) is 35.2 Å². The summed E-state index contributed by atoms with van der Waals surface area (Å²) >= 11 is 0. The number of anilines is 2. The summed E-state index contributed by atoms with van der Waals surface area (Å²) in [7, 11) is 3.23. The molecule has 0 amide bonds. The van der Waals surface area contributed by atoms with E-state index in [1.807, 2.05) is 42.5 Å². The molecule has 0 bridgehead atoms. The molecule has 3 heterocycles. The molecule has 1 atom stereocenters. The van der Waals surface area contributed by atoms with Crippen molar-refractivity contribution in [3.05, 3.63) is 81.8 Å². The number of rotatable bonds is 5. The van der Waals surface area contributed by atoms with Gasteiger partial charge in [0.05, 0.1) is 19.6 Å². The summed E-state index contributed by atoms with van der Waals surface area (Å²) in [6, 6.07) is 15.8. The summed E-state index contributed by atoms with van der Waals surface area (Å²) in [4.78, 5) is 27.4. The van der Waals surface area contributed by atoms with Crippen molar-refractivity contribution in [2.75, 3.05) is 19.1 Å². The van der Waals surface area contributed by atoms with E-state index in [0.717, 1.165) is 23.2 Å². The van der Waals surface area contributed by atoms with Crippen molar-refractivity contribution in [2.24, 2.45) is 0 Å². The maximum atomic E-state index is 13.2. The highest BCUT2D eigenvalue weighted by Gasteiger charge is 2.29. The average molecular weight is 441 g/mol. The molecule has 7 nitrogen and oxygen atoms in total. The highest BCUT2D eigenvalue weighted by molar-refractivity contribution is 5.89. The van der Waals surface area contributed by atoms with Gasteiger partial charge in [-0.3, -0.25) is 9.78 Å². The highest BCUT2D eigenvalue weighted by Crippen LogP contribution is 2.36. The van der Waals surface area contributed by atoms with Gasteiger partial charge in [0.1, 0.15) is 11.5 Å². The average Bonchev–Trinajstić information content (AvgIpc) is 3.17. The number of hydrogen-bond acceptors (Lipinski definition) is 6. The van der Waals surface area contributed by atoms with Gasteiger partial charge in [-0.1, -0.05) is 30.4 Å². The Morgan fingerprint density at radius 2 is 1.88 bits per heavy atom. The summed E-state index contributed by atoms with van der Waals surface area (Å²) in [6.45, 7) is 2.12. The molecule has 0 aliphatic carbocycles. The zero-order valence-corrected chi connectivity index (χ0v) is 18.7. The molecule has 1 aliphatic heterocycles. The topological polar surface area (TPSA) is 80.3 Å². The Balaban J connectivity index is 1.56. The normalized spacial score (nSPS) is 15.2. The summed E-state index contributed by atoms with van der Waals surface area (Å²) in [6.07, 6.45) is 6.35. The van der Waals surface area contributed by atoms with Crippen LogP contribution in [-0.2, 0) is 6.42 Å². The van der Waals surface area contributed by atoms with Crippen molar-refractivity contribution in [3.63, 3.8) is 0 Å². The van der Waals surface area contributed by atoms with E-state index < -0.39 is 0 Å². The maximum absolute atomic E-state index is 13.2. The summed E-state index contributed by atoms with van der Waals surface area (Å²) < 4.78 is 10.7. The third-order valence-corrected chi connectivity index (χ3v) is 5.95. The number of ether oxygens (including phenoxy) is 2. The van der Waals surface area contributed by atoms with Crippen LogP contribution in [0, 0.1) is 0 Å². The van der Waals surface area contributed by atoms with Crippen LogP contribution < -0.4 is 19.9 Å². The molecule has 1 unspecified atom stereocenters. The lowest BCUT2D eigenvalue weighted by Crippen LogP contribution is -2.28. The lowest BCUT2D eigenvalue weighted by molar-refractivity contribution is 0.394. The molecule has 4 aromatic rings. The van der Waals surface area contributed by atoms with Crippen molar-refractivity contribution in [1.82, 2.24) is 15.0 Å². The zero-order chi connectivity index (χ0) is 22.9. The molecule has 0 fully saturated rings. The summed E-state index contributed by atoms with van der Waals surface area (Å²) in [5.41, 5.74) is 4.09. The fraction of sp³-hybridized carbons (Fsp3) is 0.192. The minimum atomic E-state index is -0.221. The van der Waals surface area contributed by atoms with Crippen LogP contribution >= 0.6 is 0 Å². The van der Waals surface area contributed by atoms with E-state index in [1.54, 1.807) is 26.5 Å². The van der Waals surface area contributed by atoms with E-state index in [2.05, 4.69) is 33.9 Å². The predicted molar refractivity (Wildman–Crippen MR) is 130 cm³/mol. The minimum absolute atomic E-state index is 0.189. The first-order valence-corrected chi connectivity index (χ1v) is 10.8. The number of H-pyrrole nitrogens is 1. The SMILES string of the molecule is COc1ccc(/C=C/c2ccnc3nc(N4c5ccccc5CC4C)[nH]c(=O)c23)c(OC)c1. The first-order chi connectivity index (χ1) is 16.1. The minimum Gasteiger partial charge on any atom is -0.497 e. The second-order valence-electron chi connectivity index (χ2n) is 7.98. The Labute approximate surface area is 191 Å². The van der Waals surface area contributed by atoms with Crippen molar-refractivity contribution >= 4 is 34.8 Å². The standard InChI is InChI=1S/C26H24N4O3/c1-16-14-19-6-4-5-7-21(19)30(16)26-28-24-23(25(31)29-26)18(12-13-27-24)9-8-17-10-11-20(32-2)15-22(17)33-3/h4-13,15-16H,14H2,1-3H3,(H,27,28,29,31)/b9-8+. The third kappa shape index (κ3) is 3.71. The Morgan fingerprint density at radius 3 is 2.70 bits per heavy atom. The molecular weight excluding hydrogens is 416 g/mol. The lowest BCUT2D eigenvalue weighted by Gasteiger charge is -2.23. The van der Waals surface area contributed by atoms with Gasteiger partial charge in [-0.25, -0.2) is 4.98 Å². The third-order valence-electron chi connectivity index (χ3n) is 5.95. The Morgan fingerprint density at radius 1 is 1.06 bits per heavy atom. The van der Waals surface area contributed by atoms with Gasteiger partial charge in [-0.05, 0) is 48.7 Å². The number of para-hydroxylation sites is 1. The van der Waals surface area contributed by atoms with Crippen LogP contribution in [0.25, 0.3) is 23.2 Å². The number of nitrogens with zero attached hydrogens (tertiary/aromatic N) is 3. The smallest absolute Gasteiger partial charge is 0.262 e. The van der Waals surface area contributed by atoms with Crippen molar-refractivity contribution in [3.8, 4) is 11.5 Å². The second kappa shape index (κ2) is 8.43. The van der Waals surface area contributed by atoms with Gasteiger partial charge in [0.25, 0.3) is 5.56 Å². The Hall–Kier alpha value is -4.13. The van der Waals surface area contributed by atoms with Crippen LogP contribution in [0.2, 0.25) is 0 Å². The summed E-state index contributed by atoms with van der Waals surface area (Å²) in [5, 5.41) is 0.449. The maximum Gasteiger partial charge on any atom is 0.262 e. The van der Waals surface area contributed by atoms with Crippen molar-refractivity contribution in [2.45, 2.75) is 19.4 Å². The van der Waals surface area contributed by atoms with Crippen LogP contribution in [0.4, 0.5) is 11.6 Å². The monoisotopic (exact) mass is 440 g/mol. The fourth-order valence-corrected chi connectivity index (χ4v) is 4.35. The second-order valence-corrected chi connectivity index (χ2v) is 7.98. The van der Waals surface area contributed by atoms with E-state index >= 15 is 0 Å². The largest absolute Gasteiger partial charge is 0.497 e. The molecule has 0 saturated heterocycles. The van der Waals surface area contributed by atoms with E-state index in [1.165, 1.54) is 5.56 Å². The van der Waals surface area contributed by atoms with Crippen LogP contribution in [0.15, 0.2) is 59.5 Å². The molecule has 2 aromatic heterocycles. The summed E-state index contributed by atoms with van der Waals surface area (Å²) in [5.74, 6) is 1.90. The quantitative estimate of drug-likeness (QED) is 0.489. The number of aromatic amines is 1. The van der Waals surface area contributed by atoms with Crippen LogP contribution in [0.3, 0.4) is 0 Å². The molecular formula is C26H24N4O3. The van der Waals surface area contributed by atoms with E-state index in [9.17, 15) is 4.79 Å². The van der Waals surface area contributed by atoms with E-state index in [-0.39, 0.29) is 11.6 Å². The molecule has 166 valence electrons. The van der Waals surface area contributed by atoms with Crippen molar-refractivity contribution in [1.29, 1.82) is 0 Å². The van der Waals surface area contributed by atoms with Crippen LogP contribution in [0.1, 0.15) is 23.6 Å². The molecule has 0 saturated carbocycles. The molecule has 5 rings (SSSR count). The molecule has 0 spiro atoms. The number of methoxy groups -OCH3 is 2. The van der Waals surface area contributed by atoms with Gasteiger partial charge in [-0.2, -0.15) is 4.98 Å². The van der Waals surface area contributed by atoms with Gasteiger partial charge in [-0.15, -0.1) is 0 Å². The van der Waals surface area contributed by atoms with E-state index in [4.69, 9.17) is 14.5 Å². The van der Waals surface area contributed by atoms with Gasteiger partial charge < -0.3 is 14.4 Å². The number of aromatic nitrogens is 3. The molecule has 1 N–H and O–H groups in total. The van der Waals surface area contributed by atoms with Gasteiger partial charge in [0, 0.05) is 29.6 Å². The number of benzene rings is 2. The van der Waals surface area contributed by atoms with Gasteiger partial charge >= 0.3 is 0 Å². The van der Waals surface area contributed by atoms with Gasteiger partial charge in [0.2, 0.25) is 5.95 Å².